The van der Waals surface area contributed by atoms with Gasteiger partial charge in [0.15, 0.2) is 5.78 Å². The summed E-state index contributed by atoms with van der Waals surface area (Å²) in [5.74, 6) is -0.0251. The third kappa shape index (κ3) is 2.87. The van der Waals surface area contributed by atoms with Gasteiger partial charge in [-0.15, -0.1) is 11.3 Å². The lowest BCUT2D eigenvalue weighted by atomic mass is 9.97. The topological polar surface area (TPSA) is 43.1 Å². The Labute approximate surface area is 140 Å². The number of carbonyl (C=O) groups is 1. The predicted octanol–water partition coefficient (Wildman–Crippen LogP) is 4.83. The van der Waals surface area contributed by atoms with E-state index < -0.39 is 0 Å². The van der Waals surface area contributed by atoms with Crippen LogP contribution < -0.4 is 5.73 Å². The Morgan fingerprint density at radius 2 is 1.67 bits per heavy atom. The van der Waals surface area contributed by atoms with Gasteiger partial charge in [-0.05, 0) is 40.3 Å². The number of nitrogens with two attached hydrogens (primary N) is 1. The summed E-state index contributed by atoms with van der Waals surface area (Å²) in [6.45, 7) is 0. The van der Waals surface area contributed by atoms with E-state index >= 15 is 0 Å². The molecule has 0 fully saturated rings. The standard InChI is InChI=1S/C17H12INOS/c18-13-8-6-11(7-9-13)14-10-21-17(19)15(14)16(20)12-4-2-1-3-5-12/h1-10H,19H2. The van der Waals surface area contributed by atoms with Gasteiger partial charge in [-0.1, -0.05) is 42.5 Å². The average molecular weight is 405 g/mol. The Balaban J connectivity index is 2.09. The highest BCUT2D eigenvalue weighted by molar-refractivity contribution is 14.1. The van der Waals surface area contributed by atoms with Crippen molar-refractivity contribution in [2.75, 3.05) is 5.73 Å². The van der Waals surface area contributed by atoms with Gasteiger partial charge in [-0.2, -0.15) is 0 Å². The van der Waals surface area contributed by atoms with Gasteiger partial charge in [-0.3, -0.25) is 4.79 Å². The van der Waals surface area contributed by atoms with Crippen LogP contribution in [-0.4, -0.2) is 5.78 Å². The predicted molar refractivity (Wildman–Crippen MR) is 96.8 cm³/mol. The average Bonchev–Trinajstić information content (AvgIpc) is 2.90. The molecule has 4 heteroatoms. The molecular formula is C17H12INOS. The number of hydrogen-bond donors (Lipinski definition) is 1. The normalized spacial score (nSPS) is 10.5. The molecule has 0 aliphatic rings. The van der Waals surface area contributed by atoms with Gasteiger partial charge in [0.2, 0.25) is 0 Å². The van der Waals surface area contributed by atoms with Crippen molar-refractivity contribution in [3.63, 3.8) is 0 Å². The molecule has 104 valence electrons. The first kappa shape index (κ1) is 14.3. The molecule has 2 aromatic carbocycles. The fourth-order valence-electron chi connectivity index (χ4n) is 2.18. The molecule has 1 heterocycles. The maximum atomic E-state index is 12.7. The molecule has 3 aromatic rings. The van der Waals surface area contributed by atoms with Crippen molar-refractivity contribution in [2.24, 2.45) is 0 Å². The SMILES string of the molecule is Nc1scc(-c2ccc(I)cc2)c1C(=O)c1ccccc1. The van der Waals surface area contributed by atoms with Crippen LogP contribution in [0.3, 0.4) is 0 Å². The zero-order chi connectivity index (χ0) is 14.8. The molecule has 0 amide bonds. The van der Waals surface area contributed by atoms with Crippen LogP contribution in [0, 0.1) is 3.57 Å². The van der Waals surface area contributed by atoms with Gasteiger partial charge in [0.1, 0.15) is 0 Å². The van der Waals surface area contributed by atoms with E-state index in [-0.39, 0.29) is 5.78 Å². The molecule has 2 N–H and O–H groups in total. The smallest absolute Gasteiger partial charge is 0.196 e. The van der Waals surface area contributed by atoms with Crippen LogP contribution in [0.2, 0.25) is 0 Å². The highest BCUT2D eigenvalue weighted by atomic mass is 127. The second-order valence-corrected chi connectivity index (χ2v) is 6.75. The van der Waals surface area contributed by atoms with Gasteiger partial charge in [0, 0.05) is 20.1 Å². The molecule has 0 aliphatic carbocycles. The molecule has 3 rings (SSSR count). The third-order valence-electron chi connectivity index (χ3n) is 3.24. The summed E-state index contributed by atoms with van der Waals surface area (Å²) < 4.78 is 1.16. The minimum Gasteiger partial charge on any atom is -0.390 e. The van der Waals surface area contributed by atoms with E-state index in [1.807, 2.05) is 60.0 Å². The maximum absolute atomic E-state index is 12.7. The maximum Gasteiger partial charge on any atom is 0.196 e. The summed E-state index contributed by atoms with van der Waals surface area (Å²) in [4.78, 5) is 12.7. The molecule has 0 atom stereocenters. The fraction of sp³-hybridized carbons (Fsp3) is 0. The van der Waals surface area contributed by atoms with Crippen LogP contribution in [0.4, 0.5) is 5.00 Å². The van der Waals surface area contributed by atoms with E-state index in [1.54, 1.807) is 0 Å². The highest BCUT2D eigenvalue weighted by Crippen LogP contribution is 2.35. The minimum absolute atomic E-state index is 0.0251. The Morgan fingerprint density at radius 1 is 1.00 bits per heavy atom. The van der Waals surface area contributed by atoms with Crippen molar-refractivity contribution >= 4 is 44.7 Å². The second kappa shape index (κ2) is 5.99. The van der Waals surface area contributed by atoms with Crippen LogP contribution in [0.1, 0.15) is 15.9 Å². The number of halogens is 1. The largest absolute Gasteiger partial charge is 0.390 e. The molecule has 0 bridgehead atoms. The Kier molecular flexibility index (Phi) is 4.07. The molecule has 2 nitrogen and oxygen atoms in total. The van der Waals surface area contributed by atoms with E-state index in [2.05, 4.69) is 22.6 Å². The summed E-state index contributed by atoms with van der Waals surface area (Å²) in [7, 11) is 0. The molecule has 0 radical (unpaired) electrons. The first-order chi connectivity index (χ1) is 10.2. The molecule has 0 aliphatic heterocycles. The Hall–Kier alpha value is -1.66. The molecule has 0 saturated carbocycles. The lowest BCUT2D eigenvalue weighted by Gasteiger charge is -2.06. The van der Waals surface area contributed by atoms with Gasteiger partial charge >= 0.3 is 0 Å². The Morgan fingerprint density at radius 3 is 2.33 bits per heavy atom. The molecule has 0 unspecified atom stereocenters. The van der Waals surface area contributed by atoms with Gasteiger partial charge in [0.25, 0.3) is 0 Å². The monoisotopic (exact) mass is 405 g/mol. The zero-order valence-corrected chi connectivity index (χ0v) is 14.0. The van der Waals surface area contributed by atoms with Crippen molar-refractivity contribution in [1.82, 2.24) is 0 Å². The molecule has 1 aromatic heterocycles. The van der Waals surface area contributed by atoms with Crippen molar-refractivity contribution in [3.8, 4) is 11.1 Å². The molecule has 0 spiro atoms. The van der Waals surface area contributed by atoms with E-state index in [1.165, 1.54) is 11.3 Å². The van der Waals surface area contributed by atoms with Crippen molar-refractivity contribution in [1.29, 1.82) is 0 Å². The van der Waals surface area contributed by atoms with Crippen molar-refractivity contribution in [3.05, 3.63) is 74.7 Å². The minimum atomic E-state index is -0.0251. The number of ketones is 1. The van der Waals surface area contributed by atoms with E-state index in [9.17, 15) is 4.79 Å². The van der Waals surface area contributed by atoms with Crippen molar-refractivity contribution < 1.29 is 4.79 Å². The van der Waals surface area contributed by atoms with Crippen LogP contribution >= 0.6 is 33.9 Å². The molecule has 0 saturated heterocycles. The van der Waals surface area contributed by atoms with Crippen LogP contribution in [0.15, 0.2) is 60.0 Å². The second-order valence-electron chi connectivity index (χ2n) is 4.59. The zero-order valence-electron chi connectivity index (χ0n) is 11.0. The number of nitrogen functional groups attached to an aromatic ring is 1. The summed E-state index contributed by atoms with van der Waals surface area (Å²) in [5, 5.41) is 2.52. The number of carbonyl (C=O) groups excluding carboxylic acids is 1. The quantitative estimate of drug-likeness (QED) is 0.501. The van der Waals surface area contributed by atoms with Gasteiger partial charge in [0.05, 0.1) is 10.6 Å². The highest BCUT2D eigenvalue weighted by Gasteiger charge is 2.19. The summed E-state index contributed by atoms with van der Waals surface area (Å²) in [5.41, 5.74) is 9.23. The first-order valence-corrected chi connectivity index (χ1v) is 8.35. The van der Waals surface area contributed by atoms with Gasteiger partial charge < -0.3 is 5.73 Å². The number of thiophene rings is 1. The number of anilines is 1. The lowest BCUT2D eigenvalue weighted by Crippen LogP contribution is -2.04. The number of rotatable bonds is 3. The fourth-order valence-corrected chi connectivity index (χ4v) is 3.36. The van der Waals surface area contributed by atoms with Crippen LogP contribution in [0.25, 0.3) is 11.1 Å². The van der Waals surface area contributed by atoms with Gasteiger partial charge in [-0.25, -0.2) is 0 Å². The van der Waals surface area contributed by atoms with Crippen molar-refractivity contribution in [2.45, 2.75) is 0 Å². The van der Waals surface area contributed by atoms with E-state index in [0.29, 0.717) is 16.1 Å². The van der Waals surface area contributed by atoms with E-state index in [0.717, 1.165) is 14.7 Å². The molecular weight excluding hydrogens is 393 g/mol. The summed E-state index contributed by atoms with van der Waals surface area (Å²) in [6, 6.07) is 17.3. The number of hydrogen-bond acceptors (Lipinski definition) is 3. The summed E-state index contributed by atoms with van der Waals surface area (Å²) in [6.07, 6.45) is 0. The van der Waals surface area contributed by atoms with Crippen LogP contribution in [-0.2, 0) is 0 Å². The molecule has 21 heavy (non-hydrogen) atoms. The number of benzene rings is 2. The first-order valence-electron chi connectivity index (χ1n) is 6.39. The van der Waals surface area contributed by atoms with Crippen LogP contribution in [0.5, 0.6) is 0 Å². The third-order valence-corrected chi connectivity index (χ3v) is 4.77. The summed E-state index contributed by atoms with van der Waals surface area (Å²) >= 11 is 3.67. The lowest BCUT2D eigenvalue weighted by molar-refractivity contribution is 0.104. The van der Waals surface area contributed by atoms with E-state index in [4.69, 9.17) is 5.73 Å². The Bertz CT molecular complexity index is 778.